The molecule has 0 aliphatic carbocycles. The Bertz CT molecular complexity index is 963. The molecule has 0 spiro atoms. The number of amides is 1. The number of carbonyl (C=O) groups excluding carboxylic acids is 2. The summed E-state index contributed by atoms with van der Waals surface area (Å²) in [5.41, 5.74) is 1.40. The number of hydrogen-bond acceptors (Lipinski definition) is 5. The minimum Gasteiger partial charge on any atom is -0.507 e. The van der Waals surface area contributed by atoms with Gasteiger partial charge >= 0.3 is 0 Å². The monoisotopic (exact) mass is 436 g/mol. The van der Waals surface area contributed by atoms with Gasteiger partial charge in [-0.15, -0.1) is 0 Å². The number of aliphatic hydroxyl groups excluding tert-OH is 1. The number of likely N-dealkylation sites (tertiary alicyclic amines) is 1. The van der Waals surface area contributed by atoms with Gasteiger partial charge in [-0.2, -0.15) is 0 Å². The first-order valence-corrected chi connectivity index (χ1v) is 11.2. The standard InChI is InChI=1S/C26H32N2O4/c1-5-27(6-2)16-17-28-23(19-10-8-7-9-11-19)22(25(30)26(28)31)24(29)20-12-14-21(15-13-20)32-18(3)4/h7-15,18,23,29H,5-6,16-17H2,1-4H3. The number of Topliss-reactive ketones (excluding diaryl/α,β-unsaturated/α-hetero) is 1. The van der Waals surface area contributed by atoms with Gasteiger partial charge in [-0.25, -0.2) is 0 Å². The average molecular weight is 437 g/mol. The lowest BCUT2D eigenvalue weighted by Crippen LogP contribution is -2.38. The topological polar surface area (TPSA) is 70.1 Å². The summed E-state index contributed by atoms with van der Waals surface area (Å²) in [6.07, 6.45) is 0.0312. The van der Waals surface area contributed by atoms with Gasteiger partial charge in [-0.05, 0) is 56.8 Å². The van der Waals surface area contributed by atoms with Crippen LogP contribution in [0.4, 0.5) is 0 Å². The van der Waals surface area contributed by atoms with Crippen LogP contribution in [0.2, 0.25) is 0 Å². The number of likely N-dealkylation sites (N-methyl/N-ethyl adjacent to an activating group) is 1. The summed E-state index contributed by atoms with van der Waals surface area (Å²) in [5, 5.41) is 11.1. The van der Waals surface area contributed by atoms with Crippen LogP contribution in [0.5, 0.6) is 5.75 Å². The Labute approximate surface area is 190 Å². The number of benzene rings is 2. The zero-order chi connectivity index (χ0) is 23.3. The molecule has 2 aromatic carbocycles. The molecule has 0 radical (unpaired) electrons. The van der Waals surface area contributed by atoms with E-state index < -0.39 is 17.7 Å². The van der Waals surface area contributed by atoms with Gasteiger partial charge in [0.25, 0.3) is 11.7 Å². The summed E-state index contributed by atoms with van der Waals surface area (Å²) >= 11 is 0. The zero-order valence-corrected chi connectivity index (χ0v) is 19.2. The second-order valence-corrected chi connectivity index (χ2v) is 8.12. The number of nitrogens with zero attached hydrogens (tertiary/aromatic N) is 2. The molecule has 0 saturated carbocycles. The number of ketones is 1. The van der Waals surface area contributed by atoms with E-state index >= 15 is 0 Å². The quantitative estimate of drug-likeness (QED) is 0.362. The van der Waals surface area contributed by atoms with Crippen LogP contribution in [-0.2, 0) is 9.59 Å². The Hall–Kier alpha value is -3.12. The number of rotatable bonds is 9. The average Bonchev–Trinajstić information content (AvgIpc) is 3.05. The predicted octanol–water partition coefficient (Wildman–Crippen LogP) is 4.24. The largest absolute Gasteiger partial charge is 0.507 e. The minimum atomic E-state index is -0.654. The van der Waals surface area contributed by atoms with Crippen molar-refractivity contribution in [2.75, 3.05) is 26.2 Å². The molecule has 1 saturated heterocycles. The summed E-state index contributed by atoms with van der Waals surface area (Å²) in [6, 6.07) is 15.7. The first-order chi connectivity index (χ1) is 15.4. The lowest BCUT2D eigenvalue weighted by molar-refractivity contribution is -0.140. The van der Waals surface area contributed by atoms with Crippen LogP contribution >= 0.6 is 0 Å². The predicted molar refractivity (Wildman–Crippen MR) is 125 cm³/mol. The molecule has 1 fully saturated rings. The van der Waals surface area contributed by atoms with Crippen LogP contribution in [0.1, 0.15) is 44.9 Å². The van der Waals surface area contributed by atoms with Crippen molar-refractivity contribution in [3.05, 3.63) is 71.3 Å². The Morgan fingerprint density at radius 3 is 2.22 bits per heavy atom. The highest BCUT2D eigenvalue weighted by molar-refractivity contribution is 6.46. The van der Waals surface area contributed by atoms with E-state index in [1.165, 1.54) is 0 Å². The fourth-order valence-electron chi connectivity index (χ4n) is 4.00. The van der Waals surface area contributed by atoms with Gasteiger partial charge in [0, 0.05) is 18.7 Å². The molecule has 32 heavy (non-hydrogen) atoms. The third-order valence-corrected chi connectivity index (χ3v) is 5.71. The van der Waals surface area contributed by atoms with Crippen molar-refractivity contribution in [3.63, 3.8) is 0 Å². The summed E-state index contributed by atoms with van der Waals surface area (Å²) in [4.78, 5) is 29.8. The molecule has 0 bridgehead atoms. The normalized spacial score (nSPS) is 18.1. The van der Waals surface area contributed by atoms with Crippen molar-refractivity contribution >= 4 is 17.4 Å². The van der Waals surface area contributed by atoms with Gasteiger partial charge < -0.3 is 19.6 Å². The second kappa shape index (κ2) is 10.5. The zero-order valence-electron chi connectivity index (χ0n) is 19.2. The number of aliphatic hydroxyl groups is 1. The van der Waals surface area contributed by atoms with Crippen LogP contribution in [0.25, 0.3) is 5.76 Å². The first-order valence-electron chi connectivity index (χ1n) is 11.2. The molecule has 3 rings (SSSR count). The maximum atomic E-state index is 13.1. The van der Waals surface area contributed by atoms with Crippen molar-refractivity contribution in [1.29, 1.82) is 0 Å². The Morgan fingerprint density at radius 1 is 1.03 bits per heavy atom. The molecule has 1 atom stereocenters. The highest BCUT2D eigenvalue weighted by atomic mass is 16.5. The van der Waals surface area contributed by atoms with E-state index in [1.807, 2.05) is 44.2 Å². The smallest absolute Gasteiger partial charge is 0.295 e. The van der Waals surface area contributed by atoms with E-state index in [4.69, 9.17) is 4.74 Å². The Balaban J connectivity index is 2.02. The van der Waals surface area contributed by atoms with E-state index in [0.29, 0.717) is 24.4 Å². The molecule has 2 aromatic rings. The van der Waals surface area contributed by atoms with E-state index in [9.17, 15) is 14.7 Å². The molecule has 1 aliphatic heterocycles. The Kier molecular flexibility index (Phi) is 7.70. The van der Waals surface area contributed by atoms with E-state index in [0.717, 1.165) is 18.7 Å². The lowest BCUT2D eigenvalue weighted by Gasteiger charge is -2.28. The summed E-state index contributed by atoms with van der Waals surface area (Å²) in [5.74, 6) is -0.722. The minimum absolute atomic E-state index is 0.0312. The molecule has 6 heteroatoms. The van der Waals surface area contributed by atoms with Gasteiger partial charge in [-0.1, -0.05) is 44.2 Å². The lowest BCUT2D eigenvalue weighted by atomic mass is 9.95. The number of hydrogen-bond donors (Lipinski definition) is 1. The fraction of sp³-hybridized carbons (Fsp3) is 0.385. The van der Waals surface area contributed by atoms with Crippen LogP contribution in [0.3, 0.4) is 0 Å². The van der Waals surface area contributed by atoms with E-state index in [2.05, 4.69) is 18.7 Å². The van der Waals surface area contributed by atoms with Crippen LogP contribution in [0.15, 0.2) is 60.2 Å². The molecular formula is C26H32N2O4. The first kappa shape index (κ1) is 23.5. The summed E-state index contributed by atoms with van der Waals surface area (Å²) < 4.78 is 5.66. The molecule has 1 amide bonds. The molecule has 1 aliphatic rings. The molecule has 0 aromatic heterocycles. The van der Waals surface area contributed by atoms with Crippen molar-refractivity contribution in [2.45, 2.75) is 39.8 Å². The number of carbonyl (C=O) groups is 2. The SMILES string of the molecule is CCN(CC)CCN1C(=O)C(=O)C(=C(O)c2ccc(OC(C)C)cc2)C1c1ccccc1. The maximum absolute atomic E-state index is 13.1. The van der Waals surface area contributed by atoms with Crippen LogP contribution in [0, 0.1) is 0 Å². The molecule has 1 N–H and O–H groups in total. The van der Waals surface area contributed by atoms with Gasteiger partial charge in [-0.3, -0.25) is 9.59 Å². The number of ether oxygens (including phenoxy) is 1. The van der Waals surface area contributed by atoms with Gasteiger partial charge in [0.15, 0.2) is 0 Å². The van der Waals surface area contributed by atoms with Crippen molar-refractivity contribution in [3.8, 4) is 5.75 Å². The van der Waals surface area contributed by atoms with Crippen molar-refractivity contribution < 1.29 is 19.4 Å². The third-order valence-electron chi connectivity index (χ3n) is 5.71. The highest BCUT2D eigenvalue weighted by Gasteiger charge is 2.45. The molecule has 1 heterocycles. The van der Waals surface area contributed by atoms with Crippen LogP contribution < -0.4 is 4.74 Å². The second-order valence-electron chi connectivity index (χ2n) is 8.12. The highest BCUT2D eigenvalue weighted by Crippen LogP contribution is 2.39. The Morgan fingerprint density at radius 2 is 1.66 bits per heavy atom. The summed E-state index contributed by atoms with van der Waals surface area (Å²) in [7, 11) is 0. The maximum Gasteiger partial charge on any atom is 0.295 e. The molecule has 6 nitrogen and oxygen atoms in total. The fourth-order valence-corrected chi connectivity index (χ4v) is 4.00. The van der Waals surface area contributed by atoms with Crippen molar-refractivity contribution in [1.82, 2.24) is 9.80 Å². The summed E-state index contributed by atoms with van der Waals surface area (Å²) in [6.45, 7) is 10.8. The van der Waals surface area contributed by atoms with Crippen LogP contribution in [-0.4, -0.2) is 58.9 Å². The van der Waals surface area contributed by atoms with Gasteiger partial charge in [0.1, 0.15) is 11.5 Å². The van der Waals surface area contributed by atoms with E-state index in [-0.39, 0.29) is 17.4 Å². The molecule has 170 valence electrons. The van der Waals surface area contributed by atoms with Crippen molar-refractivity contribution in [2.24, 2.45) is 0 Å². The van der Waals surface area contributed by atoms with E-state index in [1.54, 1.807) is 29.2 Å². The van der Waals surface area contributed by atoms with Gasteiger partial charge in [0.2, 0.25) is 0 Å². The molecule has 1 unspecified atom stereocenters. The van der Waals surface area contributed by atoms with Gasteiger partial charge in [0.05, 0.1) is 17.7 Å². The third kappa shape index (κ3) is 5.02. The molecular weight excluding hydrogens is 404 g/mol.